The highest BCUT2D eigenvalue weighted by Gasteiger charge is 2.19. The molecule has 0 saturated carbocycles. The van der Waals surface area contributed by atoms with Crippen LogP contribution in [0.15, 0.2) is 6.20 Å². The molecular formula is C12H21N3O3S. The van der Waals surface area contributed by atoms with Gasteiger partial charge in [-0.05, 0) is 20.8 Å². The van der Waals surface area contributed by atoms with Gasteiger partial charge in [0.05, 0.1) is 7.11 Å². The number of nitrogens with two attached hydrogens (primary N) is 1. The molecule has 108 valence electrons. The van der Waals surface area contributed by atoms with Gasteiger partial charge in [-0.3, -0.25) is 0 Å². The van der Waals surface area contributed by atoms with Gasteiger partial charge in [0, 0.05) is 30.1 Å². The minimum Gasteiger partial charge on any atom is -0.473 e. The van der Waals surface area contributed by atoms with Crippen LogP contribution in [-0.2, 0) is 11.2 Å². The van der Waals surface area contributed by atoms with Crippen LogP contribution in [0.5, 0.6) is 5.19 Å². The van der Waals surface area contributed by atoms with Crippen LogP contribution >= 0.6 is 11.3 Å². The molecule has 0 bridgehead atoms. The van der Waals surface area contributed by atoms with Crippen molar-refractivity contribution in [1.82, 2.24) is 10.3 Å². The van der Waals surface area contributed by atoms with Gasteiger partial charge < -0.3 is 20.5 Å². The molecule has 19 heavy (non-hydrogen) atoms. The van der Waals surface area contributed by atoms with Gasteiger partial charge in [0.2, 0.25) is 0 Å². The molecule has 0 spiro atoms. The Morgan fingerprint density at radius 3 is 2.74 bits per heavy atom. The molecular weight excluding hydrogens is 266 g/mol. The van der Waals surface area contributed by atoms with Gasteiger partial charge in [0.25, 0.3) is 5.19 Å². The second-order valence-corrected chi connectivity index (χ2v) is 6.16. The smallest absolute Gasteiger partial charge is 0.407 e. The number of nitrogens with zero attached hydrogens (tertiary/aromatic N) is 1. The van der Waals surface area contributed by atoms with E-state index in [1.807, 2.05) is 20.8 Å². The van der Waals surface area contributed by atoms with Crippen LogP contribution in [-0.4, -0.2) is 36.4 Å². The lowest BCUT2D eigenvalue weighted by atomic mass is 10.2. The molecule has 6 nitrogen and oxygen atoms in total. The third kappa shape index (κ3) is 5.89. The Kier molecular flexibility index (Phi) is 5.56. The number of carbonyl (C=O) groups excluding carboxylic acids is 1. The van der Waals surface area contributed by atoms with Crippen molar-refractivity contribution in [2.75, 3.05) is 13.7 Å². The number of nitrogens with one attached hydrogen (secondary N) is 1. The summed E-state index contributed by atoms with van der Waals surface area (Å²) < 4.78 is 10.2. The molecule has 1 aromatic rings. The molecule has 0 aliphatic heterocycles. The number of aromatic nitrogens is 1. The van der Waals surface area contributed by atoms with Gasteiger partial charge in [0.1, 0.15) is 5.60 Å². The SMILES string of the molecule is COc1ncc(CC(CN)NC(=O)OC(C)(C)C)s1. The third-order valence-corrected chi connectivity index (χ3v) is 3.14. The number of methoxy groups -OCH3 is 1. The molecule has 7 heteroatoms. The molecule has 1 aromatic heterocycles. The van der Waals surface area contributed by atoms with E-state index < -0.39 is 11.7 Å². The predicted octanol–water partition coefficient (Wildman–Crippen LogP) is 1.55. The standard InChI is InChI=1S/C12H21N3O3S/c1-12(2,3)18-10(16)15-8(6-13)5-9-7-14-11(17-4)19-9/h7-8H,5-6,13H2,1-4H3,(H,15,16). The zero-order valence-corrected chi connectivity index (χ0v) is 12.5. The topological polar surface area (TPSA) is 86.5 Å². The van der Waals surface area contributed by atoms with Crippen molar-refractivity contribution in [3.63, 3.8) is 0 Å². The Balaban J connectivity index is 2.51. The number of rotatable bonds is 5. The lowest BCUT2D eigenvalue weighted by Gasteiger charge is -2.22. The highest BCUT2D eigenvalue weighted by atomic mass is 32.1. The number of ether oxygens (including phenoxy) is 2. The van der Waals surface area contributed by atoms with E-state index in [2.05, 4.69) is 10.3 Å². The van der Waals surface area contributed by atoms with Crippen LogP contribution in [0.1, 0.15) is 25.6 Å². The fraction of sp³-hybridized carbons (Fsp3) is 0.667. The maximum absolute atomic E-state index is 11.7. The van der Waals surface area contributed by atoms with Crippen molar-refractivity contribution < 1.29 is 14.3 Å². The van der Waals surface area contributed by atoms with E-state index in [0.717, 1.165) is 4.88 Å². The molecule has 1 amide bonds. The number of thiazole rings is 1. The lowest BCUT2D eigenvalue weighted by Crippen LogP contribution is -2.44. The quantitative estimate of drug-likeness (QED) is 0.858. The van der Waals surface area contributed by atoms with Crippen molar-refractivity contribution in [3.05, 3.63) is 11.1 Å². The van der Waals surface area contributed by atoms with Gasteiger partial charge in [0.15, 0.2) is 0 Å². The number of carbonyl (C=O) groups is 1. The van der Waals surface area contributed by atoms with E-state index >= 15 is 0 Å². The highest BCUT2D eigenvalue weighted by Crippen LogP contribution is 2.21. The first kappa shape index (κ1) is 15.7. The van der Waals surface area contributed by atoms with Crippen LogP contribution < -0.4 is 15.8 Å². The summed E-state index contributed by atoms with van der Waals surface area (Å²) in [5, 5.41) is 3.35. The fourth-order valence-corrected chi connectivity index (χ4v) is 2.19. The Bertz CT molecular complexity index is 415. The van der Waals surface area contributed by atoms with Crippen LogP contribution in [0.2, 0.25) is 0 Å². The van der Waals surface area contributed by atoms with E-state index in [0.29, 0.717) is 18.2 Å². The van der Waals surface area contributed by atoms with E-state index in [1.54, 1.807) is 13.3 Å². The van der Waals surface area contributed by atoms with E-state index in [1.165, 1.54) is 11.3 Å². The van der Waals surface area contributed by atoms with E-state index in [4.69, 9.17) is 15.2 Å². The number of hydrogen-bond donors (Lipinski definition) is 2. The second kappa shape index (κ2) is 6.72. The van der Waals surface area contributed by atoms with Gasteiger partial charge in [-0.2, -0.15) is 0 Å². The first-order valence-electron chi connectivity index (χ1n) is 6.02. The van der Waals surface area contributed by atoms with Gasteiger partial charge in [-0.1, -0.05) is 11.3 Å². The van der Waals surface area contributed by atoms with Crippen molar-refractivity contribution >= 4 is 17.4 Å². The summed E-state index contributed by atoms with van der Waals surface area (Å²) >= 11 is 1.44. The molecule has 1 atom stereocenters. The minimum absolute atomic E-state index is 0.181. The van der Waals surface area contributed by atoms with Crippen molar-refractivity contribution in [2.24, 2.45) is 5.73 Å². The summed E-state index contributed by atoms with van der Waals surface area (Å²) in [6.07, 6.45) is 1.87. The second-order valence-electron chi connectivity index (χ2n) is 5.08. The minimum atomic E-state index is -0.517. The monoisotopic (exact) mass is 287 g/mol. The molecule has 0 aliphatic rings. The highest BCUT2D eigenvalue weighted by molar-refractivity contribution is 7.13. The average Bonchev–Trinajstić information content (AvgIpc) is 2.73. The zero-order chi connectivity index (χ0) is 14.5. The molecule has 0 radical (unpaired) electrons. The molecule has 1 rings (SSSR count). The summed E-state index contributed by atoms with van der Waals surface area (Å²) in [4.78, 5) is 16.7. The Morgan fingerprint density at radius 2 is 2.26 bits per heavy atom. The Hall–Kier alpha value is -1.34. The van der Waals surface area contributed by atoms with Crippen molar-refractivity contribution in [1.29, 1.82) is 0 Å². The van der Waals surface area contributed by atoms with Crippen molar-refractivity contribution in [2.45, 2.75) is 38.8 Å². The van der Waals surface area contributed by atoms with Crippen LogP contribution in [0.25, 0.3) is 0 Å². The number of hydrogen-bond acceptors (Lipinski definition) is 6. The maximum Gasteiger partial charge on any atom is 0.407 e. The van der Waals surface area contributed by atoms with Gasteiger partial charge >= 0.3 is 6.09 Å². The largest absolute Gasteiger partial charge is 0.473 e. The van der Waals surface area contributed by atoms with Crippen molar-refractivity contribution in [3.8, 4) is 5.19 Å². The summed E-state index contributed by atoms with van der Waals surface area (Å²) in [5.74, 6) is 0. The first-order valence-corrected chi connectivity index (χ1v) is 6.84. The molecule has 3 N–H and O–H groups in total. The average molecular weight is 287 g/mol. The van der Waals surface area contributed by atoms with Crippen LogP contribution in [0.4, 0.5) is 4.79 Å². The summed E-state index contributed by atoms with van der Waals surface area (Å²) in [5.41, 5.74) is 5.14. The molecule has 0 aromatic carbocycles. The Morgan fingerprint density at radius 1 is 1.58 bits per heavy atom. The normalized spacial score (nSPS) is 12.9. The third-order valence-electron chi connectivity index (χ3n) is 2.16. The molecule has 0 aliphatic carbocycles. The number of alkyl carbamates (subject to hydrolysis) is 1. The molecule has 1 unspecified atom stereocenters. The summed E-state index contributed by atoms with van der Waals surface area (Å²) in [7, 11) is 1.57. The maximum atomic E-state index is 11.7. The van der Waals surface area contributed by atoms with E-state index in [-0.39, 0.29) is 6.04 Å². The molecule has 0 saturated heterocycles. The fourth-order valence-electron chi connectivity index (χ4n) is 1.39. The summed E-state index contributed by atoms with van der Waals surface area (Å²) in [6.45, 7) is 5.79. The van der Waals surface area contributed by atoms with E-state index in [9.17, 15) is 4.79 Å². The van der Waals surface area contributed by atoms with Gasteiger partial charge in [-0.25, -0.2) is 9.78 Å². The zero-order valence-electron chi connectivity index (χ0n) is 11.7. The number of amides is 1. The lowest BCUT2D eigenvalue weighted by molar-refractivity contribution is 0.0506. The predicted molar refractivity (Wildman–Crippen MR) is 74.6 cm³/mol. The van der Waals surface area contributed by atoms with Crippen LogP contribution in [0, 0.1) is 0 Å². The summed E-state index contributed by atoms with van der Waals surface area (Å²) in [6, 6.07) is -0.181. The van der Waals surface area contributed by atoms with Gasteiger partial charge in [-0.15, -0.1) is 0 Å². The molecule has 1 heterocycles. The molecule has 0 fully saturated rings. The van der Waals surface area contributed by atoms with Crippen LogP contribution in [0.3, 0.4) is 0 Å². The Labute approximate surface area is 117 Å². The first-order chi connectivity index (χ1) is 8.84.